The number of methoxy groups -OCH3 is 1. The molecule has 0 spiro atoms. The lowest BCUT2D eigenvalue weighted by Crippen LogP contribution is -2.27. The Bertz CT molecular complexity index is 881. The van der Waals surface area contributed by atoms with Gasteiger partial charge >= 0.3 is 0 Å². The van der Waals surface area contributed by atoms with Gasteiger partial charge in [-0.1, -0.05) is 0 Å². The fraction of sp³-hybridized carbons (Fsp3) is 0.167. The first-order valence-electron chi connectivity index (χ1n) is 7.70. The van der Waals surface area contributed by atoms with Crippen molar-refractivity contribution in [1.82, 2.24) is 9.97 Å². The zero-order valence-electron chi connectivity index (χ0n) is 13.5. The van der Waals surface area contributed by atoms with Gasteiger partial charge in [0.25, 0.3) is 0 Å². The molecule has 2 aromatic heterocycles. The standard InChI is InChI=1S/C18H15N3O2S2/c1-23-14-4-2-12(3-5-14)15-10-25-18(20-15)21-16(22)11-24-17(21)13-6-8-19-9-7-13/h2-10,17H,11H2,1H3. The van der Waals surface area contributed by atoms with Gasteiger partial charge in [-0.15, -0.1) is 23.1 Å². The van der Waals surface area contributed by atoms with Crippen molar-refractivity contribution in [2.24, 2.45) is 0 Å². The summed E-state index contributed by atoms with van der Waals surface area (Å²) in [6.07, 6.45) is 3.50. The number of hydrogen-bond acceptors (Lipinski definition) is 6. The normalized spacial score (nSPS) is 17.1. The summed E-state index contributed by atoms with van der Waals surface area (Å²) in [4.78, 5) is 23.0. The molecule has 0 aliphatic carbocycles. The molecule has 3 heterocycles. The molecule has 126 valence electrons. The Morgan fingerprint density at radius 3 is 2.64 bits per heavy atom. The van der Waals surface area contributed by atoms with Crippen molar-refractivity contribution in [2.75, 3.05) is 17.8 Å². The van der Waals surface area contributed by atoms with Crippen LogP contribution in [0.1, 0.15) is 10.9 Å². The zero-order valence-corrected chi connectivity index (χ0v) is 15.1. The number of anilines is 1. The first-order valence-corrected chi connectivity index (χ1v) is 9.62. The van der Waals surface area contributed by atoms with Crippen LogP contribution >= 0.6 is 23.1 Å². The number of rotatable bonds is 4. The summed E-state index contributed by atoms with van der Waals surface area (Å²) in [6.45, 7) is 0. The molecule has 1 amide bonds. The van der Waals surface area contributed by atoms with Crippen LogP contribution in [0, 0.1) is 0 Å². The van der Waals surface area contributed by atoms with E-state index in [-0.39, 0.29) is 11.3 Å². The topological polar surface area (TPSA) is 55.3 Å². The second kappa shape index (κ2) is 6.85. The summed E-state index contributed by atoms with van der Waals surface area (Å²) in [6, 6.07) is 11.6. The molecular weight excluding hydrogens is 354 g/mol. The van der Waals surface area contributed by atoms with Crippen LogP contribution < -0.4 is 9.64 Å². The Morgan fingerprint density at radius 1 is 1.16 bits per heavy atom. The molecule has 1 aliphatic heterocycles. The van der Waals surface area contributed by atoms with Crippen LogP contribution in [0.25, 0.3) is 11.3 Å². The fourth-order valence-electron chi connectivity index (χ4n) is 2.67. The molecule has 1 unspecified atom stereocenters. The molecule has 3 aromatic rings. The third-order valence-corrected chi connectivity index (χ3v) is 6.00. The van der Waals surface area contributed by atoms with Crippen LogP contribution in [0.2, 0.25) is 0 Å². The molecule has 0 radical (unpaired) electrons. The van der Waals surface area contributed by atoms with Gasteiger partial charge in [-0.25, -0.2) is 4.98 Å². The van der Waals surface area contributed by atoms with E-state index >= 15 is 0 Å². The average Bonchev–Trinajstić information content (AvgIpc) is 3.29. The maximum Gasteiger partial charge on any atom is 0.240 e. The third kappa shape index (κ3) is 3.12. The van der Waals surface area contributed by atoms with E-state index in [1.165, 1.54) is 11.3 Å². The number of thioether (sulfide) groups is 1. The maximum atomic E-state index is 12.4. The molecule has 1 aromatic carbocycles. The second-order valence-corrected chi connectivity index (χ2v) is 7.36. The van der Waals surface area contributed by atoms with E-state index in [9.17, 15) is 4.79 Å². The third-order valence-electron chi connectivity index (χ3n) is 3.94. The quantitative estimate of drug-likeness (QED) is 0.696. The molecule has 1 atom stereocenters. The fourth-order valence-corrected chi connectivity index (χ4v) is 4.77. The van der Waals surface area contributed by atoms with Gasteiger partial charge in [0.05, 0.1) is 18.6 Å². The Balaban J connectivity index is 1.64. The number of ether oxygens (including phenoxy) is 1. The molecule has 0 bridgehead atoms. The van der Waals surface area contributed by atoms with Gasteiger partial charge in [-0.05, 0) is 42.0 Å². The minimum absolute atomic E-state index is 0.0506. The number of hydrogen-bond donors (Lipinski definition) is 0. The van der Waals surface area contributed by atoms with Crippen molar-refractivity contribution in [2.45, 2.75) is 5.37 Å². The van der Waals surface area contributed by atoms with Crippen LogP contribution in [0.3, 0.4) is 0 Å². The summed E-state index contributed by atoms with van der Waals surface area (Å²) in [5.74, 6) is 1.36. The van der Waals surface area contributed by atoms with Gasteiger partial charge in [-0.3, -0.25) is 14.7 Å². The molecule has 25 heavy (non-hydrogen) atoms. The molecule has 7 heteroatoms. The molecule has 4 rings (SSSR count). The SMILES string of the molecule is COc1ccc(-c2csc(N3C(=O)CSC3c3ccncc3)n2)cc1. The summed E-state index contributed by atoms with van der Waals surface area (Å²) in [5, 5.41) is 2.66. The van der Waals surface area contributed by atoms with Gasteiger partial charge in [-0.2, -0.15) is 0 Å². The van der Waals surface area contributed by atoms with Gasteiger partial charge in [0.2, 0.25) is 5.91 Å². The van der Waals surface area contributed by atoms with E-state index in [4.69, 9.17) is 9.72 Å². The zero-order chi connectivity index (χ0) is 17.2. The Morgan fingerprint density at radius 2 is 1.92 bits per heavy atom. The highest BCUT2D eigenvalue weighted by atomic mass is 32.2. The Labute approximate surface area is 153 Å². The maximum absolute atomic E-state index is 12.4. The highest BCUT2D eigenvalue weighted by Gasteiger charge is 2.35. The largest absolute Gasteiger partial charge is 0.497 e. The number of aromatic nitrogens is 2. The van der Waals surface area contributed by atoms with Crippen LogP contribution in [0.5, 0.6) is 5.75 Å². The summed E-state index contributed by atoms with van der Waals surface area (Å²) >= 11 is 3.10. The lowest BCUT2D eigenvalue weighted by atomic mass is 10.2. The Hall–Kier alpha value is -2.38. The van der Waals surface area contributed by atoms with E-state index in [0.717, 1.165) is 27.7 Å². The number of amides is 1. The highest BCUT2D eigenvalue weighted by Crippen LogP contribution is 2.43. The van der Waals surface area contributed by atoms with Crippen molar-refractivity contribution in [3.05, 3.63) is 59.7 Å². The van der Waals surface area contributed by atoms with Gasteiger partial charge < -0.3 is 4.74 Å². The predicted octanol–water partition coefficient (Wildman–Crippen LogP) is 3.99. The van der Waals surface area contributed by atoms with Gasteiger partial charge in [0, 0.05) is 23.3 Å². The molecule has 5 nitrogen and oxygen atoms in total. The lowest BCUT2D eigenvalue weighted by molar-refractivity contribution is -0.115. The van der Waals surface area contributed by atoms with Crippen molar-refractivity contribution in [1.29, 1.82) is 0 Å². The molecule has 0 saturated carbocycles. The minimum atomic E-state index is -0.0506. The van der Waals surface area contributed by atoms with Crippen molar-refractivity contribution in [3.63, 3.8) is 0 Å². The van der Waals surface area contributed by atoms with Crippen molar-refractivity contribution in [3.8, 4) is 17.0 Å². The smallest absolute Gasteiger partial charge is 0.240 e. The van der Waals surface area contributed by atoms with Crippen molar-refractivity contribution >= 4 is 34.1 Å². The molecule has 0 N–H and O–H groups in total. The minimum Gasteiger partial charge on any atom is -0.497 e. The van der Waals surface area contributed by atoms with Gasteiger partial charge in [0.15, 0.2) is 5.13 Å². The number of benzene rings is 1. The summed E-state index contributed by atoms with van der Waals surface area (Å²) < 4.78 is 5.19. The number of thiazole rings is 1. The monoisotopic (exact) mass is 369 g/mol. The first kappa shape index (κ1) is 16.1. The van der Waals surface area contributed by atoms with Gasteiger partial charge in [0.1, 0.15) is 11.1 Å². The van der Waals surface area contributed by atoms with E-state index < -0.39 is 0 Å². The van der Waals surface area contributed by atoms with Crippen molar-refractivity contribution < 1.29 is 9.53 Å². The number of pyridine rings is 1. The Kier molecular flexibility index (Phi) is 4.42. The molecule has 1 aliphatic rings. The first-order chi connectivity index (χ1) is 12.3. The van der Waals surface area contributed by atoms with Crippen LogP contribution in [-0.2, 0) is 4.79 Å². The van der Waals surface area contributed by atoms with E-state index in [2.05, 4.69) is 4.98 Å². The van der Waals surface area contributed by atoms with E-state index in [1.807, 2.05) is 41.8 Å². The van der Waals surface area contributed by atoms with Crippen LogP contribution in [-0.4, -0.2) is 28.7 Å². The highest BCUT2D eigenvalue weighted by molar-refractivity contribution is 8.00. The number of nitrogens with zero attached hydrogens (tertiary/aromatic N) is 3. The predicted molar refractivity (Wildman–Crippen MR) is 101 cm³/mol. The number of carbonyl (C=O) groups is 1. The molecule has 1 saturated heterocycles. The van der Waals surface area contributed by atoms with E-state index in [0.29, 0.717) is 5.75 Å². The van der Waals surface area contributed by atoms with Crippen LogP contribution in [0.4, 0.5) is 5.13 Å². The summed E-state index contributed by atoms with van der Waals surface area (Å²) in [7, 11) is 1.64. The lowest BCUT2D eigenvalue weighted by Gasteiger charge is -2.21. The number of carbonyl (C=O) groups excluding carboxylic acids is 1. The molecular formula is C18H15N3O2S2. The van der Waals surface area contributed by atoms with Crippen LogP contribution in [0.15, 0.2) is 54.2 Å². The average molecular weight is 369 g/mol. The molecule has 1 fully saturated rings. The second-order valence-electron chi connectivity index (χ2n) is 5.45. The summed E-state index contributed by atoms with van der Waals surface area (Å²) in [5.41, 5.74) is 2.93. The van der Waals surface area contributed by atoms with E-state index in [1.54, 1.807) is 36.2 Å².